The number of benzene rings is 2. The van der Waals surface area contributed by atoms with Crippen molar-refractivity contribution in [3.8, 4) is 11.6 Å². The Bertz CT molecular complexity index is 950. The summed E-state index contributed by atoms with van der Waals surface area (Å²) < 4.78 is 32.6. The molecular weight excluding hydrogens is 362 g/mol. The molecule has 0 aliphatic carbocycles. The van der Waals surface area contributed by atoms with Crippen LogP contribution in [0.25, 0.3) is 0 Å². The number of carbonyl (C=O) groups excluding carboxylic acids is 1. The van der Waals surface area contributed by atoms with Crippen molar-refractivity contribution >= 4 is 17.5 Å². The number of ether oxygens (including phenoxy) is 1. The Hall–Kier alpha value is -2.99. The molecule has 0 spiro atoms. The molecule has 0 fully saturated rings. The maximum absolute atomic E-state index is 13.8. The Kier molecular flexibility index (Phi) is 5.43. The van der Waals surface area contributed by atoms with Crippen LogP contribution in [-0.2, 0) is 6.54 Å². The first-order chi connectivity index (χ1) is 12.5. The first-order valence-electron chi connectivity index (χ1n) is 7.63. The highest BCUT2D eigenvalue weighted by molar-refractivity contribution is 6.31. The van der Waals surface area contributed by atoms with Crippen molar-refractivity contribution in [1.82, 2.24) is 10.3 Å². The van der Waals surface area contributed by atoms with Crippen LogP contribution in [-0.4, -0.2) is 10.9 Å². The minimum absolute atomic E-state index is 0.0449. The zero-order valence-corrected chi connectivity index (χ0v) is 14.1. The van der Waals surface area contributed by atoms with Gasteiger partial charge in [0.15, 0.2) is 0 Å². The third-order valence-electron chi connectivity index (χ3n) is 3.47. The summed E-state index contributed by atoms with van der Waals surface area (Å²) in [5.41, 5.74) is 0.390. The number of pyridine rings is 1. The zero-order valence-electron chi connectivity index (χ0n) is 13.4. The average Bonchev–Trinajstić information content (AvgIpc) is 2.63. The minimum atomic E-state index is -0.672. The summed E-state index contributed by atoms with van der Waals surface area (Å²) in [5.74, 6) is -1.24. The van der Waals surface area contributed by atoms with Gasteiger partial charge < -0.3 is 10.1 Å². The Balaban J connectivity index is 1.74. The number of aromatic nitrogens is 1. The molecule has 1 amide bonds. The summed E-state index contributed by atoms with van der Waals surface area (Å²) in [7, 11) is 0. The topological polar surface area (TPSA) is 51.2 Å². The van der Waals surface area contributed by atoms with Crippen molar-refractivity contribution in [1.29, 1.82) is 0 Å². The molecule has 2 aromatic carbocycles. The van der Waals surface area contributed by atoms with Crippen LogP contribution in [0.2, 0.25) is 5.02 Å². The first-order valence-corrected chi connectivity index (χ1v) is 8.01. The van der Waals surface area contributed by atoms with Gasteiger partial charge in [-0.1, -0.05) is 23.7 Å². The summed E-state index contributed by atoms with van der Waals surface area (Å²) in [6.45, 7) is 0.0449. The summed E-state index contributed by atoms with van der Waals surface area (Å²) in [4.78, 5) is 16.3. The predicted octanol–water partition coefficient (Wildman–Crippen LogP) is 4.74. The molecule has 4 nitrogen and oxygen atoms in total. The van der Waals surface area contributed by atoms with Crippen molar-refractivity contribution in [2.75, 3.05) is 0 Å². The molecule has 1 heterocycles. The third-order valence-corrected chi connectivity index (χ3v) is 3.71. The fourth-order valence-electron chi connectivity index (χ4n) is 2.23. The molecule has 26 heavy (non-hydrogen) atoms. The van der Waals surface area contributed by atoms with E-state index in [1.807, 2.05) is 0 Å². The van der Waals surface area contributed by atoms with Crippen LogP contribution in [0, 0.1) is 11.6 Å². The summed E-state index contributed by atoms with van der Waals surface area (Å²) in [5, 5.41) is 2.85. The Morgan fingerprint density at radius 3 is 2.77 bits per heavy atom. The van der Waals surface area contributed by atoms with Gasteiger partial charge in [0.05, 0.1) is 5.56 Å². The van der Waals surface area contributed by atoms with E-state index in [1.165, 1.54) is 36.5 Å². The van der Waals surface area contributed by atoms with Gasteiger partial charge in [0.2, 0.25) is 5.88 Å². The van der Waals surface area contributed by atoms with Crippen molar-refractivity contribution in [2.24, 2.45) is 0 Å². The van der Waals surface area contributed by atoms with E-state index < -0.39 is 17.5 Å². The second kappa shape index (κ2) is 7.93. The van der Waals surface area contributed by atoms with Crippen LogP contribution >= 0.6 is 11.6 Å². The van der Waals surface area contributed by atoms with E-state index >= 15 is 0 Å². The second-order valence-corrected chi connectivity index (χ2v) is 5.77. The lowest BCUT2D eigenvalue weighted by Gasteiger charge is -2.11. The maximum atomic E-state index is 13.8. The third kappa shape index (κ3) is 4.34. The molecule has 3 rings (SSSR count). The molecule has 3 aromatic rings. The van der Waals surface area contributed by atoms with Crippen LogP contribution < -0.4 is 10.1 Å². The van der Waals surface area contributed by atoms with Crippen LogP contribution in [0.4, 0.5) is 8.78 Å². The first kappa shape index (κ1) is 17.8. The predicted molar refractivity (Wildman–Crippen MR) is 93.3 cm³/mol. The van der Waals surface area contributed by atoms with Gasteiger partial charge in [-0.05, 0) is 36.4 Å². The van der Waals surface area contributed by atoms with Gasteiger partial charge in [-0.3, -0.25) is 4.79 Å². The van der Waals surface area contributed by atoms with Gasteiger partial charge in [0, 0.05) is 29.4 Å². The standard InChI is InChI=1S/C19H13ClF2N2O2/c20-13-6-7-17(22)16(9-13)18(25)24-11-12-3-2-8-23-19(12)26-15-5-1-4-14(21)10-15/h1-10H,11H2,(H,24,25). The molecule has 0 unspecified atom stereocenters. The highest BCUT2D eigenvalue weighted by Gasteiger charge is 2.14. The number of halogens is 3. The number of hydrogen-bond donors (Lipinski definition) is 1. The quantitative estimate of drug-likeness (QED) is 0.702. The van der Waals surface area contributed by atoms with E-state index in [2.05, 4.69) is 10.3 Å². The van der Waals surface area contributed by atoms with E-state index in [0.29, 0.717) is 5.56 Å². The lowest BCUT2D eigenvalue weighted by molar-refractivity contribution is 0.0946. The molecular formula is C19H13ClF2N2O2. The molecule has 1 N–H and O–H groups in total. The monoisotopic (exact) mass is 374 g/mol. The molecule has 0 saturated carbocycles. The molecule has 1 aromatic heterocycles. The van der Waals surface area contributed by atoms with E-state index in [1.54, 1.807) is 18.2 Å². The highest BCUT2D eigenvalue weighted by atomic mass is 35.5. The molecule has 0 aliphatic rings. The molecule has 0 bridgehead atoms. The second-order valence-electron chi connectivity index (χ2n) is 5.33. The van der Waals surface area contributed by atoms with Crippen molar-refractivity contribution < 1.29 is 18.3 Å². The van der Waals surface area contributed by atoms with Crippen LogP contribution in [0.5, 0.6) is 11.6 Å². The van der Waals surface area contributed by atoms with Crippen molar-refractivity contribution in [3.63, 3.8) is 0 Å². The number of nitrogens with zero attached hydrogens (tertiary/aromatic N) is 1. The van der Waals surface area contributed by atoms with Gasteiger partial charge in [0.25, 0.3) is 5.91 Å². The number of amides is 1. The van der Waals surface area contributed by atoms with E-state index in [4.69, 9.17) is 16.3 Å². The largest absolute Gasteiger partial charge is 0.439 e. The molecule has 0 saturated heterocycles. The van der Waals surface area contributed by atoms with Crippen LogP contribution in [0.15, 0.2) is 60.8 Å². The fourth-order valence-corrected chi connectivity index (χ4v) is 2.41. The number of nitrogens with one attached hydrogen (secondary N) is 1. The maximum Gasteiger partial charge on any atom is 0.254 e. The molecule has 0 aliphatic heterocycles. The van der Waals surface area contributed by atoms with Crippen molar-refractivity contribution in [3.05, 3.63) is 88.6 Å². The number of carbonyl (C=O) groups is 1. The lowest BCUT2D eigenvalue weighted by Crippen LogP contribution is -2.24. The molecule has 132 valence electrons. The Morgan fingerprint density at radius 1 is 1.12 bits per heavy atom. The fraction of sp³-hybridized carbons (Fsp3) is 0.0526. The number of rotatable bonds is 5. The van der Waals surface area contributed by atoms with E-state index in [0.717, 1.165) is 6.07 Å². The smallest absolute Gasteiger partial charge is 0.254 e. The Labute approximate surface area is 153 Å². The summed E-state index contributed by atoms with van der Waals surface area (Å²) in [6, 6.07) is 12.7. The van der Waals surface area contributed by atoms with Gasteiger partial charge >= 0.3 is 0 Å². The SMILES string of the molecule is O=C(NCc1cccnc1Oc1cccc(F)c1)c1cc(Cl)ccc1F. The zero-order chi connectivity index (χ0) is 18.5. The van der Waals surface area contributed by atoms with E-state index in [9.17, 15) is 13.6 Å². The number of hydrogen-bond acceptors (Lipinski definition) is 3. The molecule has 0 atom stereocenters. The van der Waals surface area contributed by atoms with Gasteiger partial charge in [0.1, 0.15) is 17.4 Å². The van der Waals surface area contributed by atoms with Crippen LogP contribution in [0.3, 0.4) is 0 Å². The average molecular weight is 375 g/mol. The summed E-state index contributed by atoms with van der Waals surface area (Å²) in [6.07, 6.45) is 1.51. The van der Waals surface area contributed by atoms with Gasteiger partial charge in [-0.2, -0.15) is 0 Å². The van der Waals surface area contributed by atoms with Gasteiger partial charge in [-0.25, -0.2) is 13.8 Å². The van der Waals surface area contributed by atoms with Crippen molar-refractivity contribution in [2.45, 2.75) is 6.54 Å². The van der Waals surface area contributed by atoms with Gasteiger partial charge in [-0.15, -0.1) is 0 Å². The summed E-state index contributed by atoms with van der Waals surface area (Å²) >= 11 is 5.80. The minimum Gasteiger partial charge on any atom is -0.439 e. The highest BCUT2D eigenvalue weighted by Crippen LogP contribution is 2.23. The van der Waals surface area contributed by atoms with Crippen LogP contribution in [0.1, 0.15) is 15.9 Å². The Morgan fingerprint density at radius 2 is 1.96 bits per heavy atom. The normalized spacial score (nSPS) is 10.4. The lowest BCUT2D eigenvalue weighted by atomic mass is 10.2. The molecule has 7 heteroatoms. The van der Waals surface area contributed by atoms with E-state index in [-0.39, 0.29) is 28.8 Å². The molecule has 0 radical (unpaired) electrons.